The number of carbonyl (C=O) groups excluding carboxylic acids is 2. The van der Waals surface area contributed by atoms with E-state index in [4.69, 9.17) is 11.3 Å². The molecule has 1 saturated heterocycles. The van der Waals surface area contributed by atoms with Crippen molar-refractivity contribution in [3.05, 3.63) is 23.1 Å². The van der Waals surface area contributed by atoms with Crippen LogP contribution in [0.5, 0.6) is 0 Å². The van der Waals surface area contributed by atoms with Gasteiger partial charge in [0.15, 0.2) is 11.9 Å². The van der Waals surface area contributed by atoms with Gasteiger partial charge < -0.3 is 5.11 Å². The third-order valence-corrected chi connectivity index (χ3v) is 13.2. The number of carbonyl (C=O) groups is 2. The van der Waals surface area contributed by atoms with Gasteiger partial charge in [-0.05, 0) is 84.5 Å². The Kier molecular flexibility index (Phi) is 4.64. The summed E-state index contributed by atoms with van der Waals surface area (Å²) in [4.78, 5) is 31.6. The lowest BCUT2D eigenvalue weighted by molar-refractivity contribution is -0.181. The van der Waals surface area contributed by atoms with Gasteiger partial charge in [0, 0.05) is 23.4 Å². The second kappa shape index (κ2) is 6.73. The van der Waals surface area contributed by atoms with Crippen LogP contribution in [0, 0.1) is 56.8 Å². The minimum Gasteiger partial charge on any atom is -0.396 e. The van der Waals surface area contributed by atoms with E-state index in [0.717, 1.165) is 50.5 Å². The molecule has 5 fully saturated rings. The van der Waals surface area contributed by atoms with Crippen LogP contribution in [0.15, 0.2) is 11.6 Å². The summed E-state index contributed by atoms with van der Waals surface area (Å²) in [6, 6.07) is 0. The maximum Gasteiger partial charge on any atom is 0.424 e. The molecule has 0 aromatic carbocycles. The molecule has 36 heavy (non-hydrogen) atoms. The molecule has 0 aromatic rings. The van der Waals surface area contributed by atoms with E-state index in [-0.39, 0.29) is 57.6 Å². The Morgan fingerprint density at radius 1 is 1.03 bits per heavy atom. The van der Waals surface area contributed by atoms with E-state index in [1.165, 1.54) is 0 Å². The predicted molar refractivity (Wildman–Crippen MR) is 136 cm³/mol. The highest BCUT2D eigenvalue weighted by atomic mass is 16.6. The molecular weight excluding hydrogens is 450 g/mol. The number of Topliss-reactive ketones (excluding diaryl/α,β-unsaturated/α-hetero) is 1. The molecule has 5 heteroatoms. The van der Waals surface area contributed by atoms with Crippen LogP contribution >= 0.6 is 0 Å². The van der Waals surface area contributed by atoms with E-state index in [9.17, 15) is 14.7 Å². The van der Waals surface area contributed by atoms with Crippen molar-refractivity contribution in [2.45, 2.75) is 105 Å². The van der Waals surface area contributed by atoms with Gasteiger partial charge >= 0.3 is 5.72 Å². The number of allylic oxidation sites excluding steroid dienone is 1. The molecule has 9 atom stereocenters. The fourth-order valence-electron chi connectivity index (χ4n) is 10.8. The van der Waals surface area contributed by atoms with Gasteiger partial charge in [-0.2, -0.15) is 0 Å². The van der Waals surface area contributed by atoms with Crippen molar-refractivity contribution >= 4 is 11.6 Å². The summed E-state index contributed by atoms with van der Waals surface area (Å²) in [6.07, 6.45) is 8.28. The molecule has 0 aromatic heterocycles. The Hall–Kier alpha value is -1.51. The number of aliphatic hydroxyl groups excluding tert-OH is 1. The highest BCUT2D eigenvalue weighted by Crippen LogP contribution is 2.77. The van der Waals surface area contributed by atoms with Gasteiger partial charge in [-0.1, -0.05) is 54.0 Å². The van der Waals surface area contributed by atoms with Gasteiger partial charge in [0.2, 0.25) is 0 Å². The molecule has 196 valence electrons. The Morgan fingerprint density at radius 3 is 2.33 bits per heavy atom. The van der Waals surface area contributed by atoms with Gasteiger partial charge in [0.1, 0.15) is 0 Å². The molecule has 1 N–H and O–H groups in total. The van der Waals surface area contributed by atoms with Gasteiger partial charge in [-0.25, -0.2) is 6.57 Å². The number of ether oxygens (including phenoxy) is 1. The Morgan fingerprint density at radius 2 is 1.69 bits per heavy atom. The number of hydrogen-bond acceptors (Lipinski definition) is 4. The van der Waals surface area contributed by atoms with Crippen LogP contribution in [0.25, 0.3) is 4.85 Å². The summed E-state index contributed by atoms with van der Waals surface area (Å²) in [5, 5.41) is 10.7. The van der Waals surface area contributed by atoms with Crippen molar-refractivity contribution in [1.29, 1.82) is 0 Å². The molecule has 0 radical (unpaired) electrons. The standard InChI is InChI=1S/C31H43NO4/c1-25(2)11-13-30(17-33)14-12-28(6)22(18(30)16-25)19(34)15-21-27(28,5)10-9-20-26(3,4)23(35)31(32-8)24(36-31)29(20,21)7/h15,18,20,22,24,33H,9-14,16-17H2,1-7H3/t18-,20-,22-,24+,27+,28+,29-,30+,31-/m0/s1. The number of hydrogen-bond donors (Lipinski definition) is 1. The molecule has 0 spiro atoms. The third-order valence-electron chi connectivity index (χ3n) is 13.2. The number of ketones is 2. The van der Waals surface area contributed by atoms with E-state index in [1.54, 1.807) is 0 Å². The molecule has 6 rings (SSSR count). The first-order valence-corrected chi connectivity index (χ1v) is 14.1. The Labute approximate surface area is 216 Å². The zero-order chi connectivity index (χ0) is 26.3. The van der Waals surface area contributed by atoms with Gasteiger partial charge in [0.25, 0.3) is 5.78 Å². The van der Waals surface area contributed by atoms with Crippen molar-refractivity contribution in [1.82, 2.24) is 0 Å². The smallest absolute Gasteiger partial charge is 0.396 e. The van der Waals surface area contributed by atoms with Gasteiger partial charge in [-0.15, -0.1) is 0 Å². The SMILES string of the molecule is [C-]#[N+][C@@]12O[C@@H]1[C@]1(C)C3=CC(=O)[C@@H]4[C@@H]5CC(C)(C)CC[C@]5(CO)CC[C@@]4(C)[C@]3(C)CC[C@H]1C(C)(C)C2=O. The van der Waals surface area contributed by atoms with Gasteiger partial charge in [-0.3, -0.25) is 19.2 Å². The molecule has 6 aliphatic rings. The molecular formula is C31H43NO4. The highest BCUT2D eigenvalue weighted by molar-refractivity contribution is 5.99. The van der Waals surface area contributed by atoms with Crippen LogP contribution in [-0.2, 0) is 14.3 Å². The topological polar surface area (TPSA) is 71.3 Å². The first kappa shape index (κ1) is 24.8. The number of nitrogens with zero attached hydrogens (tertiary/aromatic N) is 1. The molecule has 5 nitrogen and oxygen atoms in total. The summed E-state index contributed by atoms with van der Waals surface area (Å²) < 4.78 is 6.09. The summed E-state index contributed by atoms with van der Waals surface area (Å²) in [5.74, 6) is 0.247. The van der Waals surface area contributed by atoms with Crippen molar-refractivity contribution in [3.8, 4) is 0 Å². The van der Waals surface area contributed by atoms with Crippen molar-refractivity contribution in [2.75, 3.05) is 6.61 Å². The number of epoxide rings is 1. The summed E-state index contributed by atoms with van der Waals surface area (Å²) in [5.41, 5.74) is -1.87. The zero-order valence-corrected chi connectivity index (χ0v) is 23.2. The van der Waals surface area contributed by atoms with Crippen LogP contribution in [0.4, 0.5) is 0 Å². The average Bonchev–Trinajstić information content (AvgIpc) is 3.56. The van der Waals surface area contributed by atoms with E-state index < -0.39 is 22.7 Å². The van der Waals surface area contributed by atoms with Crippen molar-refractivity contribution in [2.24, 2.45) is 50.2 Å². The fraction of sp³-hybridized carbons (Fsp3) is 0.839. The molecule has 0 amide bonds. The third kappa shape index (κ3) is 2.50. The highest BCUT2D eigenvalue weighted by Gasteiger charge is 2.87. The molecule has 4 saturated carbocycles. The lowest BCUT2D eigenvalue weighted by atomic mass is 9.33. The van der Waals surface area contributed by atoms with Crippen molar-refractivity contribution in [3.63, 3.8) is 0 Å². The molecule has 5 aliphatic carbocycles. The van der Waals surface area contributed by atoms with Crippen LogP contribution in [0.3, 0.4) is 0 Å². The van der Waals surface area contributed by atoms with Crippen LogP contribution < -0.4 is 0 Å². The Balaban J connectivity index is 1.52. The number of fused-ring (bicyclic) bond motifs is 9. The predicted octanol–water partition coefficient (Wildman–Crippen LogP) is 5.76. The molecule has 0 unspecified atom stereocenters. The number of rotatable bonds is 1. The van der Waals surface area contributed by atoms with Crippen LogP contribution in [0.2, 0.25) is 0 Å². The van der Waals surface area contributed by atoms with E-state index in [1.807, 2.05) is 19.9 Å². The average molecular weight is 494 g/mol. The summed E-state index contributed by atoms with van der Waals surface area (Å²) in [7, 11) is 0. The van der Waals surface area contributed by atoms with Crippen LogP contribution in [0.1, 0.15) is 93.4 Å². The first-order chi connectivity index (χ1) is 16.6. The monoisotopic (exact) mass is 493 g/mol. The van der Waals surface area contributed by atoms with Crippen molar-refractivity contribution < 1.29 is 19.4 Å². The van der Waals surface area contributed by atoms with Gasteiger partial charge in [0.05, 0.1) is 0 Å². The first-order valence-electron chi connectivity index (χ1n) is 14.1. The lowest BCUT2D eigenvalue weighted by Crippen LogP contribution is -2.67. The lowest BCUT2D eigenvalue weighted by Gasteiger charge is -2.69. The largest absolute Gasteiger partial charge is 0.424 e. The maximum atomic E-state index is 14.3. The maximum absolute atomic E-state index is 14.3. The molecule has 1 aliphatic heterocycles. The number of aliphatic hydroxyl groups is 1. The molecule has 0 bridgehead atoms. The molecule has 1 heterocycles. The fourth-order valence-corrected chi connectivity index (χ4v) is 10.8. The second-order valence-corrected chi connectivity index (χ2v) is 15.4. The van der Waals surface area contributed by atoms with E-state index in [0.29, 0.717) is 0 Å². The zero-order valence-electron chi connectivity index (χ0n) is 23.2. The van der Waals surface area contributed by atoms with E-state index in [2.05, 4.69) is 39.5 Å². The summed E-state index contributed by atoms with van der Waals surface area (Å²) in [6.45, 7) is 23.6. The second-order valence-electron chi connectivity index (χ2n) is 15.4. The minimum absolute atomic E-state index is 0.0425. The minimum atomic E-state index is -1.39. The van der Waals surface area contributed by atoms with E-state index >= 15 is 0 Å². The summed E-state index contributed by atoms with van der Waals surface area (Å²) >= 11 is 0. The van der Waals surface area contributed by atoms with Crippen LogP contribution in [-0.4, -0.2) is 35.1 Å². The quantitative estimate of drug-likeness (QED) is 0.372. The normalized spacial score (nSPS) is 54.0. The Bertz CT molecular complexity index is 1150.